The minimum Gasteiger partial charge on any atom is -0.496 e. The molecule has 9 heteroatoms. The minimum absolute atomic E-state index is 0.0666. The molecule has 9 nitrogen and oxygen atoms in total. The minimum atomic E-state index is -0.475. The van der Waals surface area contributed by atoms with E-state index in [0.717, 1.165) is 0 Å². The molecule has 0 unspecified atom stereocenters. The van der Waals surface area contributed by atoms with E-state index < -0.39 is 10.8 Å². The number of hydrogen-bond acceptors (Lipinski definition) is 7. The van der Waals surface area contributed by atoms with E-state index in [1.807, 2.05) is 0 Å². The highest BCUT2D eigenvalue weighted by molar-refractivity contribution is 6.02. The van der Waals surface area contributed by atoms with Crippen LogP contribution in [0.2, 0.25) is 0 Å². The maximum atomic E-state index is 12.4. The molecule has 1 amide bonds. The summed E-state index contributed by atoms with van der Waals surface area (Å²) in [4.78, 5) is 23.2. The van der Waals surface area contributed by atoms with Crippen molar-refractivity contribution in [2.24, 2.45) is 0 Å². The Kier molecular flexibility index (Phi) is 6.56. The van der Waals surface area contributed by atoms with Gasteiger partial charge in [0.25, 0.3) is 5.69 Å². The average molecular weight is 460 g/mol. The zero-order valence-electron chi connectivity index (χ0n) is 18.1. The molecule has 0 atom stereocenters. The van der Waals surface area contributed by atoms with Gasteiger partial charge in [-0.05, 0) is 54.6 Å². The Bertz CT molecular complexity index is 1370. The third-order valence-electron chi connectivity index (χ3n) is 4.94. The number of benzene rings is 2. The first-order chi connectivity index (χ1) is 16.5. The van der Waals surface area contributed by atoms with Crippen molar-refractivity contribution in [2.75, 3.05) is 12.4 Å². The summed E-state index contributed by atoms with van der Waals surface area (Å²) in [5, 5.41) is 23.2. The third kappa shape index (κ3) is 4.89. The number of carbonyl (C=O) groups excluding carboxylic acids is 1. The van der Waals surface area contributed by atoms with Crippen LogP contribution in [0.5, 0.6) is 5.75 Å². The molecule has 4 aromatic rings. The second-order valence-electron chi connectivity index (χ2n) is 7.14. The van der Waals surface area contributed by atoms with Crippen molar-refractivity contribution in [3.63, 3.8) is 0 Å². The van der Waals surface area contributed by atoms with Crippen molar-refractivity contribution in [3.05, 3.63) is 94.4 Å². The topological polar surface area (TPSA) is 128 Å². The molecular weight excluding hydrogens is 440 g/mol. The van der Waals surface area contributed by atoms with E-state index in [0.29, 0.717) is 45.6 Å². The maximum Gasteiger partial charge on any atom is 0.280 e. The van der Waals surface area contributed by atoms with Gasteiger partial charge >= 0.3 is 0 Å². The summed E-state index contributed by atoms with van der Waals surface area (Å²) in [6.45, 7) is -0.227. The number of carbonyl (C=O) groups is 1. The molecule has 2 heterocycles. The van der Waals surface area contributed by atoms with Crippen LogP contribution in [-0.4, -0.2) is 23.0 Å². The Morgan fingerprint density at radius 1 is 1.06 bits per heavy atom. The van der Waals surface area contributed by atoms with Crippen molar-refractivity contribution >= 4 is 23.4 Å². The lowest BCUT2D eigenvalue weighted by Crippen LogP contribution is -2.07. The van der Waals surface area contributed by atoms with Gasteiger partial charge in [-0.3, -0.25) is 14.9 Å². The predicted octanol–water partition coefficient (Wildman–Crippen LogP) is 5.27. The third-order valence-corrected chi connectivity index (χ3v) is 4.94. The van der Waals surface area contributed by atoms with E-state index >= 15 is 0 Å². The molecule has 0 aliphatic carbocycles. The fourth-order valence-electron chi connectivity index (χ4n) is 3.36. The van der Waals surface area contributed by atoms with Gasteiger partial charge in [0.15, 0.2) is 0 Å². The van der Waals surface area contributed by atoms with E-state index in [-0.39, 0.29) is 12.3 Å². The summed E-state index contributed by atoms with van der Waals surface area (Å²) < 4.78 is 16.6. The van der Waals surface area contributed by atoms with Crippen LogP contribution in [0, 0.1) is 10.1 Å². The lowest BCUT2D eigenvalue weighted by molar-refractivity contribution is -0.384. The number of nitro benzene ring substituents is 1. The van der Waals surface area contributed by atoms with Crippen LogP contribution < -0.4 is 10.1 Å². The summed E-state index contributed by atoms with van der Waals surface area (Å²) in [6, 6.07) is 17.9. The molecule has 4 rings (SSSR count). The molecule has 0 aliphatic heterocycles. The Morgan fingerprint density at radius 3 is 2.56 bits per heavy atom. The van der Waals surface area contributed by atoms with Gasteiger partial charge in [-0.25, -0.2) is 0 Å². The van der Waals surface area contributed by atoms with Crippen molar-refractivity contribution in [3.8, 4) is 28.4 Å². The number of methoxy groups -OCH3 is 1. The Balaban J connectivity index is 1.49. The van der Waals surface area contributed by atoms with E-state index in [2.05, 4.69) is 5.32 Å². The first kappa shape index (κ1) is 22.6. The molecule has 2 N–H and O–H groups in total. The van der Waals surface area contributed by atoms with E-state index in [4.69, 9.17) is 13.6 Å². The Labute approximate surface area is 194 Å². The number of anilines is 1. The smallest absolute Gasteiger partial charge is 0.280 e. The van der Waals surface area contributed by atoms with Crippen LogP contribution in [0.1, 0.15) is 11.5 Å². The average Bonchev–Trinajstić information content (AvgIpc) is 3.52. The fourth-order valence-corrected chi connectivity index (χ4v) is 3.36. The number of amides is 1. The lowest BCUT2D eigenvalue weighted by Gasteiger charge is -2.09. The van der Waals surface area contributed by atoms with Crippen LogP contribution in [0.15, 0.2) is 81.6 Å². The standard InChI is InChI=1S/C25H20N2O7/c1-32-22-10-6-16(14-20(22)24-12-8-18(15-28)34-24)26-25(29)13-9-17-7-11-23(33-17)19-4-2-3-5-21(19)27(30)31/h2-14,28H,15H2,1H3,(H,26,29)/b13-9+. The monoisotopic (exact) mass is 460 g/mol. The number of nitro groups is 1. The highest BCUT2D eigenvalue weighted by Gasteiger charge is 2.17. The molecule has 0 spiro atoms. The van der Waals surface area contributed by atoms with Crippen LogP contribution >= 0.6 is 0 Å². The van der Waals surface area contributed by atoms with Gasteiger partial charge in [0.1, 0.15) is 35.4 Å². The summed E-state index contributed by atoms with van der Waals surface area (Å²) in [5.74, 6) is 1.73. The Hall–Kier alpha value is -4.63. The molecule has 0 saturated heterocycles. The zero-order chi connectivity index (χ0) is 24.1. The highest BCUT2D eigenvalue weighted by atomic mass is 16.6. The van der Waals surface area contributed by atoms with Gasteiger partial charge in [0.05, 0.1) is 23.2 Å². The number of hydrogen-bond donors (Lipinski definition) is 2. The molecule has 0 fully saturated rings. The molecule has 0 bridgehead atoms. The Morgan fingerprint density at radius 2 is 1.82 bits per heavy atom. The summed E-state index contributed by atoms with van der Waals surface area (Å²) in [6.07, 6.45) is 2.76. The van der Waals surface area contributed by atoms with Gasteiger partial charge in [0, 0.05) is 17.8 Å². The van der Waals surface area contributed by atoms with Gasteiger partial charge < -0.3 is 24.0 Å². The van der Waals surface area contributed by atoms with Crippen LogP contribution in [0.4, 0.5) is 11.4 Å². The van der Waals surface area contributed by atoms with Crippen molar-refractivity contribution in [2.45, 2.75) is 6.61 Å². The zero-order valence-corrected chi connectivity index (χ0v) is 18.1. The molecule has 0 aliphatic rings. The summed E-state index contributed by atoms with van der Waals surface area (Å²) in [5.41, 5.74) is 1.41. The van der Waals surface area contributed by atoms with E-state index in [1.165, 1.54) is 25.3 Å². The lowest BCUT2D eigenvalue weighted by atomic mass is 10.1. The van der Waals surface area contributed by atoms with Gasteiger partial charge in [0.2, 0.25) is 5.91 Å². The number of para-hydroxylation sites is 1. The van der Waals surface area contributed by atoms with Crippen molar-refractivity contribution < 1.29 is 28.4 Å². The van der Waals surface area contributed by atoms with Crippen LogP contribution in [0.25, 0.3) is 28.7 Å². The fraction of sp³-hybridized carbons (Fsp3) is 0.0800. The number of nitrogens with one attached hydrogen (secondary N) is 1. The molecule has 0 saturated carbocycles. The predicted molar refractivity (Wildman–Crippen MR) is 125 cm³/mol. The molecule has 172 valence electrons. The quantitative estimate of drug-likeness (QED) is 0.208. The number of aliphatic hydroxyl groups is 1. The van der Waals surface area contributed by atoms with Gasteiger partial charge in [-0.2, -0.15) is 0 Å². The number of ether oxygens (including phenoxy) is 1. The molecule has 2 aromatic heterocycles. The van der Waals surface area contributed by atoms with Crippen LogP contribution in [0.3, 0.4) is 0 Å². The van der Waals surface area contributed by atoms with Crippen molar-refractivity contribution in [1.82, 2.24) is 0 Å². The first-order valence-corrected chi connectivity index (χ1v) is 10.2. The normalized spacial score (nSPS) is 11.0. The SMILES string of the molecule is COc1ccc(NC(=O)/C=C/c2ccc(-c3ccccc3[N+](=O)[O-])o2)cc1-c1ccc(CO)o1. The highest BCUT2D eigenvalue weighted by Crippen LogP contribution is 2.34. The van der Waals surface area contributed by atoms with E-state index in [9.17, 15) is 20.0 Å². The van der Waals surface area contributed by atoms with Crippen molar-refractivity contribution in [1.29, 1.82) is 0 Å². The number of aliphatic hydroxyl groups excluding tert-OH is 1. The molecule has 34 heavy (non-hydrogen) atoms. The molecular formula is C25H20N2O7. The summed E-state index contributed by atoms with van der Waals surface area (Å²) in [7, 11) is 1.53. The largest absolute Gasteiger partial charge is 0.496 e. The maximum absolute atomic E-state index is 12.4. The van der Waals surface area contributed by atoms with E-state index in [1.54, 1.807) is 60.7 Å². The first-order valence-electron chi connectivity index (χ1n) is 10.2. The number of furan rings is 2. The van der Waals surface area contributed by atoms with Gasteiger partial charge in [-0.1, -0.05) is 12.1 Å². The summed E-state index contributed by atoms with van der Waals surface area (Å²) >= 11 is 0. The second-order valence-corrected chi connectivity index (χ2v) is 7.14. The second kappa shape index (κ2) is 9.88. The van der Waals surface area contributed by atoms with Gasteiger partial charge in [-0.15, -0.1) is 0 Å². The molecule has 2 aromatic carbocycles. The van der Waals surface area contributed by atoms with Crippen LogP contribution in [-0.2, 0) is 11.4 Å². The molecule has 0 radical (unpaired) electrons. The number of rotatable bonds is 8. The number of nitrogens with zero attached hydrogens (tertiary/aromatic N) is 1.